The van der Waals surface area contributed by atoms with E-state index in [1.807, 2.05) is 6.92 Å². The summed E-state index contributed by atoms with van der Waals surface area (Å²) in [7, 11) is 1.25. The van der Waals surface area contributed by atoms with Gasteiger partial charge >= 0.3 is 18.4 Å². The number of methoxy groups -OCH3 is 1. The standard InChI is InChI=1S/C31H25F5N2O5S/c1-17(18-12-13-24-26(15-18)43-31(35,36)42-24)44-22-9-4-7-20(16-22)38-27-23(28(37-38)30(32,33)34)10-5-11-25(27)41-21-8-3-6-19(14-21)29(39)40-2/h3-4,6-9,12-17,25H,5,10-11H2,1-2H3. The number of carbonyl (C=O) groups is 1. The fraction of sp³-hybridized carbons (Fsp3) is 0.290. The number of alkyl halides is 5. The van der Waals surface area contributed by atoms with Crippen LogP contribution in [0.15, 0.2) is 71.6 Å². The van der Waals surface area contributed by atoms with Crippen molar-refractivity contribution in [3.63, 3.8) is 0 Å². The van der Waals surface area contributed by atoms with Crippen molar-refractivity contribution >= 4 is 17.7 Å². The molecule has 13 heteroatoms. The zero-order valence-corrected chi connectivity index (χ0v) is 24.2. The largest absolute Gasteiger partial charge is 0.586 e. The zero-order chi connectivity index (χ0) is 31.2. The second-order valence-corrected chi connectivity index (χ2v) is 11.7. The minimum atomic E-state index is -4.68. The Bertz CT molecular complexity index is 1720. The molecule has 0 fully saturated rings. The van der Waals surface area contributed by atoms with Gasteiger partial charge in [-0.25, -0.2) is 9.48 Å². The smallest absolute Gasteiger partial charge is 0.484 e. The van der Waals surface area contributed by atoms with Crippen molar-refractivity contribution in [2.24, 2.45) is 0 Å². The first-order valence-corrected chi connectivity index (χ1v) is 14.5. The van der Waals surface area contributed by atoms with Gasteiger partial charge in [0, 0.05) is 15.7 Å². The van der Waals surface area contributed by atoms with E-state index < -0.39 is 30.2 Å². The van der Waals surface area contributed by atoms with Crippen LogP contribution >= 0.6 is 11.8 Å². The minimum Gasteiger partial charge on any atom is -0.484 e. The Morgan fingerprint density at radius 3 is 2.61 bits per heavy atom. The number of esters is 1. The van der Waals surface area contributed by atoms with Gasteiger partial charge < -0.3 is 18.9 Å². The molecule has 2 unspecified atom stereocenters. The highest BCUT2D eigenvalue weighted by molar-refractivity contribution is 7.99. The summed E-state index contributed by atoms with van der Waals surface area (Å²) < 4.78 is 90.8. The molecule has 230 valence electrons. The highest BCUT2D eigenvalue weighted by atomic mass is 32.2. The van der Waals surface area contributed by atoms with Crippen LogP contribution in [0.3, 0.4) is 0 Å². The van der Waals surface area contributed by atoms with E-state index in [2.05, 4.69) is 14.6 Å². The Morgan fingerprint density at radius 2 is 1.84 bits per heavy atom. The Morgan fingerprint density at radius 1 is 1.07 bits per heavy atom. The van der Waals surface area contributed by atoms with Gasteiger partial charge in [0.05, 0.1) is 24.1 Å². The fourth-order valence-electron chi connectivity index (χ4n) is 5.34. The zero-order valence-electron chi connectivity index (χ0n) is 23.4. The van der Waals surface area contributed by atoms with E-state index >= 15 is 0 Å². The summed E-state index contributed by atoms with van der Waals surface area (Å²) in [5.74, 6) is -0.381. The van der Waals surface area contributed by atoms with E-state index in [4.69, 9.17) is 9.47 Å². The SMILES string of the molecule is COC(=O)c1cccc(OC2CCCc3c(C(F)(F)F)nn(-c4cccc(SC(C)c5ccc6c(c5)OC(F)(F)O6)c4)c32)c1. The Kier molecular flexibility index (Phi) is 7.68. The molecule has 6 rings (SSSR count). The molecule has 1 aliphatic carbocycles. The lowest BCUT2D eigenvalue weighted by molar-refractivity contribution is -0.286. The monoisotopic (exact) mass is 632 g/mol. The van der Waals surface area contributed by atoms with E-state index in [9.17, 15) is 26.7 Å². The van der Waals surface area contributed by atoms with Crippen molar-refractivity contribution in [1.82, 2.24) is 9.78 Å². The van der Waals surface area contributed by atoms with Gasteiger partial charge in [-0.1, -0.05) is 18.2 Å². The molecule has 0 saturated carbocycles. The van der Waals surface area contributed by atoms with Crippen LogP contribution in [0.4, 0.5) is 22.0 Å². The number of hydrogen-bond donors (Lipinski definition) is 0. The van der Waals surface area contributed by atoms with Crippen LogP contribution < -0.4 is 14.2 Å². The predicted molar refractivity (Wildman–Crippen MR) is 150 cm³/mol. The summed E-state index contributed by atoms with van der Waals surface area (Å²) >= 11 is 1.39. The summed E-state index contributed by atoms with van der Waals surface area (Å²) in [6.07, 6.45) is -8.10. The van der Waals surface area contributed by atoms with Gasteiger partial charge in [-0.15, -0.1) is 20.5 Å². The first-order valence-electron chi connectivity index (χ1n) is 13.6. The van der Waals surface area contributed by atoms with Crippen LogP contribution in [-0.2, 0) is 17.3 Å². The summed E-state index contributed by atoms with van der Waals surface area (Å²) in [5, 5.41) is 3.81. The molecule has 1 aromatic heterocycles. The summed E-state index contributed by atoms with van der Waals surface area (Å²) in [4.78, 5) is 12.7. The molecule has 0 amide bonds. The summed E-state index contributed by atoms with van der Waals surface area (Å²) in [6.45, 7) is 1.87. The van der Waals surface area contributed by atoms with Gasteiger partial charge in [0.1, 0.15) is 11.9 Å². The van der Waals surface area contributed by atoms with E-state index in [0.29, 0.717) is 35.5 Å². The lowest BCUT2D eigenvalue weighted by Crippen LogP contribution is -2.25. The second-order valence-electron chi connectivity index (χ2n) is 10.3. The molecule has 0 bridgehead atoms. The molecule has 1 aliphatic heterocycles. The van der Waals surface area contributed by atoms with Crippen molar-refractivity contribution in [1.29, 1.82) is 0 Å². The number of aromatic nitrogens is 2. The Hall–Kier alpha value is -4.26. The number of rotatable bonds is 7. The molecule has 0 spiro atoms. The second kappa shape index (κ2) is 11.3. The van der Waals surface area contributed by atoms with Crippen molar-refractivity contribution in [3.8, 4) is 22.9 Å². The molecular formula is C31H25F5N2O5S. The van der Waals surface area contributed by atoms with Crippen molar-refractivity contribution in [2.45, 2.75) is 54.9 Å². The van der Waals surface area contributed by atoms with Crippen LogP contribution in [0, 0.1) is 0 Å². The van der Waals surface area contributed by atoms with Gasteiger partial charge in [-0.2, -0.15) is 18.3 Å². The van der Waals surface area contributed by atoms with Crippen LogP contribution in [0.25, 0.3) is 5.69 Å². The third-order valence-electron chi connectivity index (χ3n) is 7.29. The highest BCUT2D eigenvalue weighted by Crippen LogP contribution is 2.46. The number of thioether (sulfide) groups is 1. The van der Waals surface area contributed by atoms with E-state index in [0.717, 1.165) is 4.90 Å². The summed E-state index contributed by atoms with van der Waals surface area (Å²) in [6, 6.07) is 17.7. The number of fused-ring (bicyclic) bond motifs is 2. The topological polar surface area (TPSA) is 71.8 Å². The fourth-order valence-corrected chi connectivity index (χ4v) is 6.38. The maximum absolute atomic E-state index is 14.2. The first-order chi connectivity index (χ1) is 20.9. The summed E-state index contributed by atoms with van der Waals surface area (Å²) in [5.41, 5.74) is 0.741. The van der Waals surface area contributed by atoms with Crippen LogP contribution in [0.2, 0.25) is 0 Å². The van der Waals surface area contributed by atoms with E-state index in [-0.39, 0.29) is 34.3 Å². The molecule has 4 aromatic rings. The van der Waals surface area contributed by atoms with E-state index in [1.165, 1.54) is 41.8 Å². The molecule has 0 radical (unpaired) electrons. The number of ether oxygens (including phenoxy) is 4. The lowest BCUT2D eigenvalue weighted by atomic mass is 9.93. The van der Waals surface area contributed by atoms with Crippen molar-refractivity contribution in [3.05, 3.63) is 94.8 Å². The molecule has 0 saturated heterocycles. The maximum atomic E-state index is 14.2. The Labute approximate surface area is 252 Å². The number of carbonyl (C=O) groups excluding carboxylic acids is 1. The van der Waals surface area contributed by atoms with Gasteiger partial charge in [0.2, 0.25) is 0 Å². The minimum absolute atomic E-state index is 0.0596. The number of nitrogens with zero attached hydrogens (tertiary/aromatic N) is 2. The third-order valence-corrected chi connectivity index (χ3v) is 8.44. The molecule has 0 N–H and O–H groups in total. The van der Waals surface area contributed by atoms with Crippen molar-refractivity contribution in [2.75, 3.05) is 7.11 Å². The lowest BCUT2D eigenvalue weighted by Gasteiger charge is -2.26. The highest BCUT2D eigenvalue weighted by Gasteiger charge is 2.44. The van der Waals surface area contributed by atoms with Gasteiger partial charge in [0.15, 0.2) is 17.2 Å². The van der Waals surface area contributed by atoms with Crippen LogP contribution in [0.5, 0.6) is 17.2 Å². The van der Waals surface area contributed by atoms with Gasteiger partial charge in [-0.3, -0.25) is 0 Å². The number of benzene rings is 3. The van der Waals surface area contributed by atoms with Gasteiger partial charge in [0.25, 0.3) is 0 Å². The van der Waals surface area contributed by atoms with Crippen molar-refractivity contribution < 1.29 is 45.7 Å². The number of halogens is 5. The quantitative estimate of drug-likeness (QED) is 0.115. The van der Waals surface area contributed by atoms with Crippen LogP contribution in [-0.4, -0.2) is 29.2 Å². The van der Waals surface area contributed by atoms with E-state index in [1.54, 1.807) is 48.5 Å². The maximum Gasteiger partial charge on any atom is 0.586 e. The Balaban J connectivity index is 1.32. The molecule has 2 aliphatic rings. The third kappa shape index (κ3) is 5.92. The molecule has 7 nitrogen and oxygen atoms in total. The molecular weight excluding hydrogens is 607 g/mol. The molecule has 44 heavy (non-hydrogen) atoms. The number of hydrogen-bond acceptors (Lipinski definition) is 7. The predicted octanol–water partition coefficient (Wildman–Crippen LogP) is 8.31. The van der Waals surface area contributed by atoms with Gasteiger partial charge in [-0.05, 0) is 80.3 Å². The molecule has 3 aromatic carbocycles. The average molecular weight is 633 g/mol. The normalized spacial score (nSPS) is 17.6. The first kappa shape index (κ1) is 29.8. The average Bonchev–Trinajstić information content (AvgIpc) is 3.54. The molecule has 2 atom stereocenters. The van der Waals surface area contributed by atoms with Crippen LogP contribution in [0.1, 0.15) is 64.0 Å². The molecule has 2 heterocycles.